The number of carbonyl (C=O) groups is 2. The molecule has 0 atom stereocenters. The van der Waals surface area contributed by atoms with Crippen LogP contribution in [-0.4, -0.2) is 44.1 Å². The van der Waals surface area contributed by atoms with E-state index >= 15 is 0 Å². The van der Waals surface area contributed by atoms with Gasteiger partial charge in [0.25, 0.3) is 5.91 Å². The van der Waals surface area contributed by atoms with Gasteiger partial charge >= 0.3 is 6.09 Å². The molecule has 0 aromatic carbocycles. The molecule has 2 heterocycles. The van der Waals surface area contributed by atoms with E-state index < -0.39 is 17.5 Å². The molecule has 0 aliphatic heterocycles. The predicted molar refractivity (Wildman–Crippen MR) is 110 cm³/mol. The van der Waals surface area contributed by atoms with Crippen molar-refractivity contribution in [2.45, 2.75) is 59.4 Å². The maximum atomic E-state index is 12.5. The van der Waals surface area contributed by atoms with Crippen LogP contribution in [0.25, 0.3) is 11.4 Å². The van der Waals surface area contributed by atoms with Gasteiger partial charge in [0.2, 0.25) is 0 Å². The fourth-order valence-corrected chi connectivity index (χ4v) is 3.79. The second kappa shape index (κ2) is 7.50. The summed E-state index contributed by atoms with van der Waals surface area (Å²) in [6, 6.07) is 0. The topological polar surface area (TPSA) is 120 Å². The van der Waals surface area contributed by atoms with E-state index in [2.05, 4.69) is 46.4 Å². The van der Waals surface area contributed by atoms with E-state index in [-0.39, 0.29) is 17.7 Å². The van der Waals surface area contributed by atoms with Crippen LogP contribution in [0.1, 0.15) is 61.4 Å². The second-order valence-electron chi connectivity index (χ2n) is 9.21. The van der Waals surface area contributed by atoms with Crippen LogP contribution < -0.4 is 10.6 Å². The van der Waals surface area contributed by atoms with Gasteiger partial charge in [0.15, 0.2) is 0 Å². The second-order valence-corrected chi connectivity index (χ2v) is 9.21. The monoisotopic (exact) mass is 399 g/mol. The molecule has 0 bridgehead atoms. The van der Waals surface area contributed by atoms with E-state index in [9.17, 15) is 9.59 Å². The quantitative estimate of drug-likeness (QED) is 0.616. The van der Waals surface area contributed by atoms with Crippen LogP contribution in [0.2, 0.25) is 0 Å². The van der Waals surface area contributed by atoms with Crippen molar-refractivity contribution in [2.75, 3.05) is 6.54 Å². The molecule has 2 aromatic heterocycles. The van der Waals surface area contributed by atoms with Crippen molar-refractivity contribution in [1.82, 2.24) is 25.6 Å². The molecule has 0 unspecified atom stereocenters. The largest absolute Gasteiger partial charge is 0.465 e. The Kier molecular flexibility index (Phi) is 5.38. The Labute approximate surface area is 170 Å². The number of amides is 2. The summed E-state index contributed by atoms with van der Waals surface area (Å²) < 4.78 is 0. The van der Waals surface area contributed by atoms with Gasteiger partial charge in [-0.15, -0.1) is 0 Å². The van der Waals surface area contributed by atoms with E-state index in [1.165, 1.54) is 17.5 Å². The van der Waals surface area contributed by atoms with E-state index in [4.69, 9.17) is 5.11 Å². The molecule has 8 heteroatoms. The number of aromatic nitrogens is 3. The van der Waals surface area contributed by atoms with Crippen LogP contribution in [0, 0.1) is 12.3 Å². The molecule has 156 valence electrons. The smallest absolute Gasteiger partial charge is 0.405 e. The SMILES string of the molecule is Cc1c(-c2cncc(C(=O)NCC(C)(C)NC(=O)O)n2)[nH]c2c1CCC(C)(C)C2. The number of aromatic amines is 1. The Balaban J connectivity index is 1.79. The number of rotatable bonds is 5. The molecule has 0 saturated carbocycles. The third-order valence-corrected chi connectivity index (χ3v) is 5.43. The Bertz CT molecular complexity index is 946. The summed E-state index contributed by atoms with van der Waals surface area (Å²) in [5.41, 5.74) is 4.95. The van der Waals surface area contributed by atoms with E-state index in [1.807, 2.05) is 0 Å². The average Bonchev–Trinajstić information content (AvgIpc) is 2.93. The summed E-state index contributed by atoms with van der Waals surface area (Å²) in [6.45, 7) is 10.1. The Hall–Kier alpha value is -2.90. The first-order valence-corrected chi connectivity index (χ1v) is 9.79. The van der Waals surface area contributed by atoms with Gasteiger partial charge in [-0.3, -0.25) is 9.78 Å². The zero-order chi connectivity index (χ0) is 21.4. The number of carboxylic acid groups (broad SMARTS) is 1. The summed E-state index contributed by atoms with van der Waals surface area (Å²) in [4.78, 5) is 35.6. The van der Waals surface area contributed by atoms with Gasteiger partial charge in [0.05, 0.1) is 23.6 Å². The van der Waals surface area contributed by atoms with Crippen LogP contribution in [-0.2, 0) is 12.8 Å². The number of H-pyrrole nitrogens is 1. The summed E-state index contributed by atoms with van der Waals surface area (Å²) >= 11 is 0. The van der Waals surface area contributed by atoms with Gasteiger partial charge in [0, 0.05) is 12.2 Å². The van der Waals surface area contributed by atoms with Crippen LogP contribution in [0.5, 0.6) is 0 Å². The van der Waals surface area contributed by atoms with E-state index in [0.717, 1.165) is 30.5 Å². The number of carbonyl (C=O) groups excluding carboxylic acids is 1. The normalized spacial score (nSPS) is 15.5. The van der Waals surface area contributed by atoms with Crippen LogP contribution in [0.15, 0.2) is 12.4 Å². The molecular formula is C21H29N5O3. The van der Waals surface area contributed by atoms with Gasteiger partial charge in [-0.1, -0.05) is 13.8 Å². The lowest BCUT2D eigenvalue weighted by Gasteiger charge is -2.29. The molecule has 4 N–H and O–H groups in total. The molecule has 0 spiro atoms. The van der Waals surface area contributed by atoms with Crippen molar-refractivity contribution in [3.8, 4) is 11.4 Å². The summed E-state index contributed by atoms with van der Waals surface area (Å²) in [5, 5.41) is 14.0. The summed E-state index contributed by atoms with van der Waals surface area (Å²) in [6.07, 6.45) is 5.10. The molecule has 2 aromatic rings. The van der Waals surface area contributed by atoms with Crippen LogP contribution in [0.3, 0.4) is 0 Å². The summed E-state index contributed by atoms with van der Waals surface area (Å²) in [7, 11) is 0. The Morgan fingerprint density at radius 3 is 2.72 bits per heavy atom. The number of nitrogens with zero attached hydrogens (tertiary/aromatic N) is 2. The highest BCUT2D eigenvalue weighted by Crippen LogP contribution is 2.38. The molecule has 0 radical (unpaired) electrons. The highest BCUT2D eigenvalue weighted by atomic mass is 16.4. The van der Waals surface area contributed by atoms with Crippen molar-refractivity contribution >= 4 is 12.0 Å². The number of nitrogens with one attached hydrogen (secondary N) is 3. The van der Waals surface area contributed by atoms with Gasteiger partial charge < -0.3 is 20.7 Å². The minimum atomic E-state index is -1.14. The highest BCUT2D eigenvalue weighted by Gasteiger charge is 2.29. The van der Waals surface area contributed by atoms with Gasteiger partial charge in [-0.05, 0) is 56.6 Å². The maximum Gasteiger partial charge on any atom is 0.405 e. The van der Waals surface area contributed by atoms with Crippen molar-refractivity contribution < 1.29 is 14.7 Å². The van der Waals surface area contributed by atoms with Crippen LogP contribution in [0.4, 0.5) is 4.79 Å². The standard InChI is InChI=1S/C21H29N5O3/c1-12-13-6-7-20(2,3)8-14(13)25-17(12)15-9-22-10-16(24-15)18(27)23-11-21(4,5)26-19(28)29/h9-10,25-26H,6-8,11H2,1-5H3,(H,23,27)(H,28,29). The first kappa shape index (κ1) is 20.8. The van der Waals surface area contributed by atoms with Crippen molar-refractivity contribution in [3.05, 3.63) is 34.9 Å². The van der Waals surface area contributed by atoms with E-state index in [0.29, 0.717) is 5.69 Å². The molecule has 2 amide bonds. The molecule has 29 heavy (non-hydrogen) atoms. The number of hydrogen-bond donors (Lipinski definition) is 4. The third-order valence-electron chi connectivity index (χ3n) is 5.43. The Morgan fingerprint density at radius 1 is 1.31 bits per heavy atom. The minimum absolute atomic E-state index is 0.134. The third kappa shape index (κ3) is 4.75. The summed E-state index contributed by atoms with van der Waals surface area (Å²) in [5.74, 6) is -0.394. The van der Waals surface area contributed by atoms with Crippen LogP contribution >= 0.6 is 0 Å². The highest BCUT2D eigenvalue weighted by molar-refractivity contribution is 5.92. The first-order valence-electron chi connectivity index (χ1n) is 9.79. The molecule has 0 saturated heterocycles. The fraction of sp³-hybridized carbons (Fsp3) is 0.524. The van der Waals surface area contributed by atoms with Crippen molar-refractivity contribution in [2.24, 2.45) is 5.41 Å². The first-order chi connectivity index (χ1) is 13.5. The van der Waals surface area contributed by atoms with Crippen molar-refractivity contribution in [1.29, 1.82) is 0 Å². The van der Waals surface area contributed by atoms with Gasteiger partial charge in [0.1, 0.15) is 11.4 Å². The van der Waals surface area contributed by atoms with E-state index in [1.54, 1.807) is 20.0 Å². The minimum Gasteiger partial charge on any atom is -0.465 e. The molecule has 3 rings (SSSR count). The zero-order valence-electron chi connectivity index (χ0n) is 17.6. The fourth-order valence-electron chi connectivity index (χ4n) is 3.79. The molecule has 1 aliphatic carbocycles. The molecular weight excluding hydrogens is 370 g/mol. The lowest BCUT2D eigenvalue weighted by atomic mass is 9.76. The lowest BCUT2D eigenvalue weighted by molar-refractivity contribution is 0.0935. The molecule has 1 aliphatic rings. The van der Waals surface area contributed by atoms with Gasteiger partial charge in [-0.25, -0.2) is 9.78 Å². The van der Waals surface area contributed by atoms with Gasteiger partial charge in [-0.2, -0.15) is 0 Å². The lowest BCUT2D eigenvalue weighted by Crippen LogP contribution is -2.51. The molecule has 8 nitrogen and oxygen atoms in total. The maximum absolute atomic E-state index is 12.5. The molecule has 0 fully saturated rings. The number of hydrogen-bond acceptors (Lipinski definition) is 4. The van der Waals surface area contributed by atoms with Crippen molar-refractivity contribution in [3.63, 3.8) is 0 Å². The number of fused-ring (bicyclic) bond motifs is 1. The zero-order valence-corrected chi connectivity index (χ0v) is 17.6. The predicted octanol–water partition coefficient (Wildman–Crippen LogP) is 3.07. The average molecular weight is 399 g/mol. The Morgan fingerprint density at radius 2 is 2.03 bits per heavy atom.